The predicted octanol–water partition coefficient (Wildman–Crippen LogP) is 2.32. The van der Waals surface area contributed by atoms with E-state index in [0.717, 1.165) is 18.3 Å². The summed E-state index contributed by atoms with van der Waals surface area (Å²) in [6, 6.07) is 4.06. The van der Waals surface area contributed by atoms with Crippen LogP contribution in [0.15, 0.2) is 36.7 Å². The first-order valence-corrected chi connectivity index (χ1v) is 4.97. The molecule has 0 aliphatic carbocycles. The minimum atomic E-state index is -0.892. The average molecular weight is 250 g/mol. The maximum absolute atomic E-state index is 13.3. The van der Waals surface area contributed by atoms with E-state index in [1.54, 1.807) is 0 Å². The summed E-state index contributed by atoms with van der Waals surface area (Å²) in [6.07, 6.45) is 2.41. The molecular formula is C12H8F2N2O2. The Hall–Kier alpha value is -2.50. The van der Waals surface area contributed by atoms with E-state index in [2.05, 4.69) is 10.3 Å². The second-order valence-electron chi connectivity index (χ2n) is 3.47. The number of aromatic hydroxyl groups is 1. The Morgan fingerprint density at radius 2 is 2.06 bits per heavy atom. The lowest BCUT2D eigenvalue weighted by Gasteiger charge is -2.07. The quantitative estimate of drug-likeness (QED) is 0.859. The van der Waals surface area contributed by atoms with Gasteiger partial charge in [-0.3, -0.25) is 9.78 Å². The first-order chi connectivity index (χ1) is 8.58. The van der Waals surface area contributed by atoms with E-state index in [1.165, 1.54) is 12.3 Å². The number of aromatic nitrogens is 1. The number of pyridine rings is 1. The Labute approximate surface area is 101 Å². The maximum Gasteiger partial charge on any atom is 0.259 e. The number of amides is 1. The third-order valence-electron chi connectivity index (χ3n) is 2.22. The molecule has 1 amide bonds. The van der Waals surface area contributed by atoms with Crippen molar-refractivity contribution in [3.05, 3.63) is 53.9 Å². The van der Waals surface area contributed by atoms with Crippen LogP contribution in [-0.4, -0.2) is 16.0 Å². The second-order valence-corrected chi connectivity index (χ2v) is 3.47. The highest BCUT2D eigenvalue weighted by molar-refractivity contribution is 6.06. The number of carbonyl (C=O) groups excluding carboxylic acids is 1. The molecule has 0 unspecified atom stereocenters. The zero-order valence-electron chi connectivity index (χ0n) is 9.02. The highest BCUT2D eigenvalue weighted by Gasteiger charge is 2.13. The van der Waals surface area contributed by atoms with Crippen molar-refractivity contribution in [3.8, 4) is 5.75 Å². The fourth-order valence-electron chi connectivity index (χ4n) is 1.36. The van der Waals surface area contributed by atoms with E-state index in [9.17, 15) is 18.7 Å². The topological polar surface area (TPSA) is 62.2 Å². The van der Waals surface area contributed by atoms with Gasteiger partial charge in [0.25, 0.3) is 5.91 Å². The van der Waals surface area contributed by atoms with Crippen LogP contribution in [0.3, 0.4) is 0 Å². The molecule has 92 valence electrons. The van der Waals surface area contributed by atoms with Gasteiger partial charge in [0.2, 0.25) is 0 Å². The van der Waals surface area contributed by atoms with Gasteiger partial charge in [0.15, 0.2) is 0 Å². The molecule has 0 aliphatic heterocycles. The summed E-state index contributed by atoms with van der Waals surface area (Å²) in [5.74, 6) is -2.66. The van der Waals surface area contributed by atoms with Crippen molar-refractivity contribution in [2.75, 3.05) is 5.32 Å². The van der Waals surface area contributed by atoms with E-state index in [-0.39, 0.29) is 17.0 Å². The summed E-state index contributed by atoms with van der Waals surface area (Å²) in [4.78, 5) is 15.3. The Balaban J connectivity index is 2.24. The summed E-state index contributed by atoms with van der Waals surface area (Å²) in [7, 11) is 0. The van der Waals surface area contributed by atoms with E-state index in [4.69, 9.17) is 0 Å². The first kappa shape index (κ1) is 12.0. The van der Waals surface area contributed by atoms with Crippen LogP contribution in [0.2, 0.25) is 0 Å². The van der Waals surface area contributed by atoms with Crippen molar-refractivity contribution < 1.29 is 18.7 Å². The van der Waals surface area contributed by atoms with Gasteiger partial charge in [-0.15, -0.1) is 0 Å². The highest BCUT2D eigenvalue weighted by atomic mass is 19.1. The van der Waals surface area contributed by atoms with Crippen LogP contribution >= 0.6 is 0 Å². The number of hydrogen-bond acceptors (Lipinski definition) is 3. The lowest BCUT2D eigenvalue weighted by Crippen LogP contribution is -2.13. The molecule has 6 heteroatoms. The number of nitrogens with zero attached hydrogens (tertiary/aromatic N) is 1. The third kappa shape index (κ3) is 2.42. The molecule has 0 spiro atoms. The summed E-state index contributed by atoms with van der Waals surface area (Å²) in [6.45, 7) is 0. The molecule has 1 aromatic heterocycles. The highest BCUT2D eigenvalue weighted by Crippen LogP contribution is 2.19. The zero-order valence-corrected chi connectivity index (χ0v) is 9.02. The van der Waals surface area contributed by atoms with Crippen LogP contribution in [-0.2, 0) is 0 Å². The molecule has 0 bridgehead atoms. The normalized spacial score (nSPS) is 10.1. The molecule has 18 heavy (non-hydrogen) atoms. The standard InChI is InChI=1S/C12H8F2N2O2/c13-7-1-2-10(9(14)5-7)16-12(18)8-3-4-15-6-11(8)17/h1-6,17H,(H,16,18). The van der Waals surface area contributed by atoms with E-state index < -0.39 is 17.5 Å². The number of benzene rings is 1. The van der Waals surface area contributed by atoms with Crippen molar-refractivity contribution in [1.82, 2.24) is 4.98 Å². The van der Waals surface area contributed by atoms with Crippen LogP contribution in [0.4, 0.5) is 14.5 Å². The number of carbonyl (C=O) groups is 1. The molecule has 2 rings (SSSR count). The van der Waals surface area contributed by atoms with Crippen molar-refractivity contribution in [2.45, 2.75) is 0 Å². The minimum Gasteiger partial charge on any atom is -0.505 e. The van der Waals surface area contributed by atoms with Gasteiger partial charge in [0.1, 0.15) is 17.4 Å². The third-order valence-corrected chi connectivity index (χ3v) is 2.22. The molecule has 0 atom stereocenters. The van der Waals surface area contributed by atoms with Crippen molar-refractivity contribution in [2.24, 2.45) is 0 Å². The Kier molecular flexibility index (Phi) is 3.18. The lowest BCUT2D eigenvalue weighted by atomic mass is 10.2. The molecule has 0 fully saturated rings. The van der Waals surface area contributed by atoms with Gasteiger partial charge in [-0.25, -0.2) is 8.78 Å². The fourth-order valence-corrected chi connectivity index (χ4v) is 1.36. The number of nitrogens with one attached hydrogen (secondary N) is 1. The maximum atomic E-state index is 13.3. The van der Waals surface area contributed by atoms with Gasteiger partial charge in [-0.2, -0.15) is 0 Å². The fraction of sp³-hybridized carbons (Fsp3) is 0. The van der Waals surface area contributed by atoms with Gasteiger partial charge >= 0.3 is 0 Å². The summed E-state index contributed by atoms with van der Waals surface area (Å²) in [5, 5.41) is 11.6. The van der Waals surface area contributed by atoms with Crippen molar-refractivity contribution >= 4 is 11.6 Å². The summed E-state index contributed by atoms with van der Waals surface area (Å²) in [5.41, 5.74) is -0.216. The van der Waals surface area contributed by atoms with Gasteiger partial charge in [0.05, 0.1) is 17.4 Å². The predicted molar refractivity (Wildman–Crippen MR) is 60.2 cm³/mol. The number of hydrogen-bond donors (Lipinski definition) is 2. The van der Waals surface area contributed by atoms with Crippen LogP contribution in [0.5, 0.6) is 5.75 Å². The van der Waals surface area contributed by atoms with Crippen molar-refractivity contribution in [3.63, 3.8) is 0 Å². The Morgan fingerprint density at radius 1 is 1.28 bits per heavy atom. The van der Waals surface area contributed by atoms with E-state index >= 15 is 0 Å². The molecule has 4 nitrogen and oxygen atoms in total. The summed E-state index contributed by atoms with van der Waals surface area (Å²) < 4.78 is 26.0. The average Bonchev–Trinajstić information content (AvgIpc) is 2.33. The second kappa shape index (κ2) is 4.79. The van der Waals surface area contributed by atoms with Gasteiger partial charge in [-0.05, 0) is 18.2 Å². The van der Waals surface area contributed by atoms with Gasteiger partial charge in [0, 0.05) is 12.3 Å². The molecule has 1 heterocycles. The van der Waals surface area contributed by atoms with Gasteiger partial charge in [-0.1, -0.05) is 0 Å². The van der Waals surface area contributed by atoms with Crippen LogP contribution < -0.4 is 5.32 Å². The molecule has 2 N–H and O–H groups in total. The first-order valence-electron chi connectivity index (χ1n) is 4.97. The van der Waals surface area contributed by atoms with Gasteiger partial charge < -0.3 is 10.4 Å². The molecule has 1 aromatic carbocycles. The molecule has 0 saturated heterocycles. The van der Waals surface area contributed by atoms with E-state index in [1.807, 2.05) is 0 Å². The minimum absolute atomic E-state index is 0.0475. The monoisotopic (exact) mass is 250 g/mol. The number of rotatable bonds is 2. The van der Waals surface area contributed by atoms with Crippen LogP contribution in [0.25, 0.3) is 0 Å². The zero-order chi connectivity index (χ0) is 13.1. The van der Waals surface area contributed by atoms with E-state index in [0.29, 0.717) is 6.07 Å². The molecule has 2 aromatic rings. The number of anilines is 1. The molecule has 0 aliphatic rings. The molecule has 0 radical (unpaired) electrons. The van der Waals surface area contributed by atoms with Crippen LogP contribution in [0, 0.1) is 11.6 Å². The lowest BCUT2D eigenvalue weighted by molar-refractivity contribution is 0.102. The number of halogens is 2. The molecular weight excluding hydrogens is 242 g/mol. The Bertz CT molecular complexity index is 602. The Morgan fingerprint density at radius 3 is 2.72 bits per heavy atom. The smallest absolute Gasteiger partial charge is 0.259 e. The summed E-state index contributed by atoms with van der Waals surface area (Å²) >= 11 is 0. The van der Waals surface area contributed by atoms with Crippen LogP contribution in [0.1, 0.15) is 10.4 Å². The molecule has 0 saturated carbocycles. The largest absolute Gasteiger partial charge is 0.505 e. The van der Waals surface area contributed by atoms with Crippen molar-refractivity contribution in [1.29, 1.82) is 0 Å². The SMILES string of the molecule is O=C(Nc1ccc(F)cc1F)c1ccncc1O.